The Morgan fingerprint density at radius 3 is 0.972 bits per heavy atom. The van der Waals surface area contributed by atoms with E-state index in [2.05, 4.69) is 274 Å². The largest absolute Gasteiger partial charge is 0.310 e. The molecule has 0 saturated heterocycles. The first-order chi connectivity index (χ1) is 52.1. The van der Waals surface area contributed by atoms with E-state index in [1.807, 2.05) is 87.8 Å². The Kier molecular flexibility index (Phi) is 12.6. The molecule has 0 saturated carbocycles. The minimum absolute atomic E-state index is 0.351. The number of nitrogens with zero attached hydrogens (tertiary/aromatic N) is 2. The topological polar surface area (TPSA) is 74.8 Å². The third-order valence-corrected chi connectivity index (χ3v) is 30.9. The zero-order valence-electron chi connectivity index (χ0n) is 56.2. The van der Waals surface area contributed by atoms with Crippen molar-refractivity contribution in [3.8, 4) is 64.0 Å². The molecule has 0 fully saturated rings. The van der Waals surface area contributed by atoms with Gasteiger partial charge in [-0.15, -0.1) is 45.3 Å². The maximum atomic E-state index is 14.3. The molecule has 6 aliphatic rings. The van der Waals surface area contributed by atoms with E-state index in [1.54, 1.807) is 18.2 Å². The van der Waals surface area contributed by atoms with Crippen LogP contribution >= 0.6 is 45.3 Å². The average molecular weight is 1470 g/mol. The van der Waals surface area contributed by atoms with Crippen LogP contribution in [0.3, 0.4) is 0 Å². The molecule has 500 valence electrons. The minimum Gasteiger partial charge on any atom is -0.310 e. The quantitative estimate of drug-likeness (QED) is 0.175. The van der Waals surface area contributed by atoms with Crippen LogP contribution in [-0.2, 0) is 30.5 Å². The summed E-state index contributed by atoms with van der Waals surface area (Å²) in [6, 6.07) is 106. The molecular weight excluding hydrogens is 1410 g/mol. The van der Waals surface area contributed by atoms with E-state index in [1.165, 1.54) is 74.8 Å². The van der Waals surface area contributed by atoms with Crippen LogP contribution in [0.25, 0.3) is 107 Å². The summed E-state index contributed by atoms with van der Waals surface area (Å²) in [7, 11) is -7.38. The second-order valence-electron chi connectivity index (χ2n) is 28.1. The molecule has 0 radical (unpaired) electrons. The molecule has 0 unspecified atom stereocenters. The van der Waals surface area contributed by atoms with E-state index < -0.39 is 30.5 Å². The molecule has 14 aromatic carbocycles. The van der Waals surface area contributed by atoms with Gasteiger partial charge in [-0.2, -0.15) is 0 Å². The number of rotatable bonds is 4. The predicted octanol–water partition coefficient (Wildman–Crippen LogP) is 25.5. The van der Waals surface area contributed by atoms with Gasteiger partial charge in [-0.25, -0.2) is 16.8 Å². The number of sulfone groups is 2. The maximum absolute atomic E-state index is 14.3. The molecule has 12 heteroatoms. The first kappa shape index (κ1) is 60.8. The van der Waals surface area contributed by atoms with Gasteiger partial charge >= 0.3 is 0 Å². The lowest BCUT2D eigenvalue weighted by atomic mass is 9.64. The van der Waals surface area contributed by atoms with Crippen LogP contribution in [0.15, 0.2) is 344 Å². The summed E-state index contributed by atoms with van der Waals surface area (Å²) in [4.78, 5) is 11.5. The van der Waals surface area contributed by atoms with Crippen LogP contribution in [0.2, 0.25) is 0 Å². The summed E-state index contributed by atoms with van der Waals surface area (Å²) in [6.45, 7) is 0. The molecule has 8 heterocycles. The van der Waals surface area contributed by atoms with Gasteiger partial charge in [0.1, 0.15) is 0 Å². The van der Waals surface area contributed by atoms with Crippen LogP contribution in [0.4, 0.5) is 34.1 Å². The molecule has 4 aliphatic heterocycles. The molecule has 24 rings (SSSR count). The van der Waals surface area contributed by atoms with Gasteiger partial charge in [-0.05, 0) is 253 Å². The van der Waals surface area contributed by atoms with Crippen LogP contribution in [0.5, 0.6) is 0 Å². The van der Waals surface area contributed by atoms with Crippen molar-refractivity contribution in [1.82, 2.24) is 0 Å². The SMILES string of the molecule is O=S1(=O)c2ccc(-c3cccc4ccccc34)cc2-c2cc(N3c4cc5ccccc5cc4C4(c5cc6ccccc6cc53)c3ccsc3-c3sccc34)ccc21.O=S1(=O)c2ccc(-c3cccc4ccccc34)cc2-c2cc(N3c4ccccc4C4(c5ccccc53)c3ccsc3-c3sccc34)ccc21. The Bertz CT molecular complexity index is 6960. The van der Waals surface area contributed by atoms with E-state index in [9.17, 15) is 16.8 Å². The highest BCUT2D eigenvalue weighted by Gasteiger charge is 2.55. The lowest BCUT2D eigenvalue weighted by Crippen LogP contribution is -2.36. The number of fused-ring (bicyclic) bond motifs is 28. The highest BCUT2D eigenvalue weighted by molar-refractivity contribution is 7.92. The number of anilines is 6. The third kappa shape index (κ3) is 8.02. The van der Waals surface area contributed by atoms with E-state index >= 15 is 0 Å². The van der Waals surface area contributed by atoms with Crippen molar-refractivity contribution in [3.63, 3.8) is 0 Å². The molecule has 0 atom stereocenters. The zero-order valence-corrected chi connectivity index (χ0v) is 61.1. The summed E-state index contributed by atoms with van der Waals surface area (Å²) in [5.41, 5.74) is 22.7. The van der Waals surface area contributed by atoms with Gasteiger partial charge in [0.05, 0.1) is 53.2 Å². The van der Waals surface area contributed by atoms with Crippen molar-refractivity contribution in [1.29, 1.82) is 0 Å². The molecule has 4 aromatic heterocycles. The molecule has 18 aromatic rings. The lowest BCUT2D eigenvalue weighted by molar-refractivity contribution is 0.597. The highest BCUT2D eigenvalue weighted by Crippen LogP contribution is 2.69. The standard InChI is InChI=1S/C51H29NO2S3.C43H25NO2S3/c53-57(54)47-18-16-35(38-15-7-13-30-8-5-6-14-37(30)38)24-39(47)40-29-36(17-19-48(40)57)52-45-27-33-11-3-1-9-31(33)25-43(45)51(41-20-22-55-49(41)50-42(51)21-23-56-50)44-26-32-10-2-4-12-34(32)28-46(44)52;45-49(46)39-18-16-27(30-11-7-9-26-8-1-2-10-29(26)30)24-31(39)32-25-28(17-19-40(32)49)44-37-14-5-3-12-33(37)43(34-13-4-6-15-38(34)44)35-20-22-47-41(35)42-36(43)21-23-48-42/h1-29H;1-25H. The molecule has 0 amide bonds. The fourth-order valence-corrected chi connectivity index (χ4v) is 26.3. The van der Waals surface area contributed by atoms with Gasteiger partial charge in [0.2, 0.25) is 19.7 Å². The van der Waals surface area contributed by atoms with Crippen molar-refractivity contribution in [2.75, 3.05) is 9.80 Å². The molecule has 0 bridgehead atoms. The van der Waals surface area contributed by atoms with Gasteiger partial charge < -0.3 is 9.80 Å². The summed E-state index contributed by atoms with van der Waals surface area (Å²) in [5, 5.41) is 18.2. The number of hydrogen-bond donors (Lipinski definition) is 0. The summed E-state index contributed by atoms with van der Waals surface area (Å²) in [6.07, 6.45) is 0. The molecule has 2 spiro atoms. The smallest absolute Gasteiger partial charge is 0.207 e. The average Bonchev–Trinajstić information content (AvgIpc) is 1.46. The Morgan fingerprint density at radius 2 is 0.557 bits per heavy atom. The number of hydrogen-bond acceptors (Lipinski definition) is 10. The Labute approximate surface area is 627 Å². The van der Waals surface area contributed by atoms with E-state index in [0.717, 1.165) is 111 Å². The molecule has 2 aliphatic carbocycles. The minimum atomic E-state index is -3.72. The number of benzene rings is 14. The summed E-state index contributed by atoms with van der Waals surface area (Å²) in [5.74, 6) is 0. The van der Waals surface area contributed by atoms with Gasteiger partial charge in [0, 0.05) is 53.1 Å². The molecular formula is C94H54N2O4S6. The molecule has 106 heavy (non-hydrogen) atoms. The van der Waals surface area contributed by atoms with E-state index in [-0.39, 0.29) is 0 Å². The van der Waals surface area contributed by atoms with Crippen molar-refractivity contribution in [2.45, 2.75) is 30.4 Å². The summed E-state index contributed by atoms with van der Waals surface area (Å²) < 4.78 is 56.4. The van der Waals surface area contributed by atoms with Crippen molar-refractivity contribution in [2.24, 2.45) is 0 Å². The Hall–Kier alpha value is -11.6. The van der Waals surface area contributed by atoms with Crippen LogP contribution in [0.1, 0.15) is 44.5 Å². The molecule has 6 nitrogen and oxygen atoms in total. The zero-order chi connectivity index (χ0) is 70.1. The van der Waals surface area contributed by atoms with E-state index in [4.69, 9.17) is 0 Å². The first-order valence-electron chi connectivity index (χ1n) is 35.3. The highest BCUT2D eigenvalue weighted by atomic mass is 32.2. The number of thiophene rings is 4. The predicted molar refractivity (Wildman–Crippen MR) is 438 cm³/mol. The van der Waals surface area contributed by atoms with Crippen molar-refractivity contribution in [3.05, 3.63) is 369 Å². The Morgan fingerprint density at radius 1 is 0.236 bits per heavy atom. The molecule has 0 N–H and O–H groups in total. The summed E-state index contributed by atoms with van der Waals surface area (Å²) >= 11 is 7.29. The fourth-order valence-electron chi connectivity index (χ4n) is 18.8. The second-order valence-corrected chi connectivity index (χ2v) is 35.6. The third-order valence-electron chi connectivity index (χ3n) is 23.1. The lowest BCUT2D eigenvalue weighted by Gasteiger charge is -2.45. The van der Waals surface area contributed by atoms with Crippen LogP contribution < -0.4 is 9.80 Å². The van der Waals surface area contributed by atoms with Crippen molar-refractivity contribution < 1.29 is 16.8 Å². The van der Waals surface area contributed by atoms with Crippen molar-refractivity contribution >= 4 is 142 Å². The Balaban J connectivity index is 0.000000130. The van der Waals surface area contributed by atoms with Crippen LogP contribution in [-0.4, -0.2) is 16.8 Å². The van der Waals surface area contributed by atoms with Gasteiger partial charge in [0.25, 0.3) is 0 Å². The van der Waals surface area contributed by atoms with E-state index in [0.29, 0.717) is 19.6 Å². The fraction of sp³-hybridized carbons (Fsp3) is 0.0213. The van der Waals surface area contributed by atoms with Gasteiger partial charge in [0.15, 0.2) is 0 Å². The van der Waals surface area contributed by atoms with Gasteiger partial charge in [-0.1, -0.05) is 182 Å². The second kappa shape index (κ2) is 22.0. The van der Waals surface area contributed by atoms with Gasteiger partial charge in [-0.3, -0.25) is 0 Å². The van der Waals surface area contributed by atoms with Crippen LogP contribution in [0, 0.1) is 0 Å². The monoisotopic (exact) mass is 1470 g/mol. The normalized spacial score (nSPS) is 15.2. The maximum Gasteiger partial charge on any atom is 0.207 e. The number of para-hydroxylation sites is 2. The first-order valence-corrected chi connectivity index (χ1v) is 41.8.